The van der Waals surface area contributed by atoms with Crippen LogP contribution in [0.4, 0.5) is 0 Å². The van der Waals surface area contributed by atoms with E-state index in [2.05, 4.69) is 41.1 Å². The maximum Gasteiger partial charge on any atom is 0.122 e. The van der Waals surface area contributed by atoms with Crippen molar-refractivity contribution >= 4 is 15.9 Å². The first-order valence-electron chi connectivity index (χ1n) is 7.11. The fourth-order valence-corrected chi connectivity index (χ4v) is 3.02. The van der Waals surface area contributed by atoms with Gasteiger partial charge in [-0.1, -0.05) is 45.8 Å². The van der Waals surface area contributed by atoms with Crippen molar-refractivity contribution < 1.29 is 9.84 Å². The molecule has 0 aliphatic carbocycles. The van der Waals surface area contributed by atoms with Gasteiger partial charge in [0.25, 0.3) is 0 Å². The van der Waals surface area contributed by atoms with Crippen LogP contribution in [0.25, 0.3) is 0 Å². The molecule has 0 aliphatic heterocycles. The Balaban J connectivity index is 2.14. The highest BCUT2D eigenvalue weighted by atomic mass is 79.9. The first kappa shape index (κ1) is 16.1. The highest BCUT2D eigenvalue weighted by molar-refractivity contribution is 9.10. The van der Waals surface area contributed by atoms with E-state index in [1.54, 1.807) is 7.11 Å². The first-order valence-corrected chi connectivity index (χ1v) is 7.90. The van der Waals surface area contributed by atoms with Crippen LogP contribution >= 0.6 is 15.9 Å². The minimum atomic E-state index is 0.170. The molecule has 2 aromatic rings. The Morgan fingerprint density at radius 3 is 2.62 bits per heavy atom. The third-order valence-electron chi connectivity index (χ3n) is 3.62. The van der Waals surface area contributed by atoms with Crippen molar-refractivity contribution in [3.05, 3.63) is 63.6 Å². The second-order valence-electron chi connectivity index (χ2n) is 5.40. The standard InChI is InChI=1S/C18H21BrO2/c1-13-6-7-18(21-2)16(8-13)10-15(12-20)9-14-4-3-5-17(19)11-14/h3-8,11,15,20H,9-10,12H2,1-2H3. The number of hydrogen-bond acceptors (Lipinski definition) is 2. The van der Waals surface area contributed by atoms with Gasteiger partial charge >= 0.3 is 0 Å². The molecule has 21 heavy (non-hydrogen) atoms. The molecule has 0 aliphatic rings. The topological polar surface area (TPSA) is 29.5 Å². The smallest absolute Gasteiger partial charge is 0.122 e. The number of ether oxygens (including phenoxy) is 1. The number of aliphatic hydroxyl groups is 1. The molecule has 0 saturated carbocycles. The average Bonchev–Trinajstić information content (AvgIpc) is 2.47. The Labute approximate surface area is 134 Å². The molecule has 3 heteroatoms. The lowest BCUT2D eigenvalue weighted by Gasteiger charge is -2.17. The Bertz CT molecular complexity index is 596. The van der Waals surface area contributed by atoms with Crippen molar-refractivity contribution in [3.8, 4) is 5.75 Å². The van der Waals surface area contributed by atoms with E-state index >= 15 is 0 Å². The largest absolute Gasteiger partial charge is 0.496 e. The summed E-state index contributed by atoms with van der Waals surface area (Å²) in [5, 5.41) is 9.70. The van der Waals surface area contributed by atoms with Gasteiger partial charge in [0.1, 0.15) is 5.75 Å². The minimum Gasteiger partial charge on any atom is -0.496 e. The Kier molecular flexibility index (Phi) is 5.83. The molecule has 1 unspecified atom stereocenters. The van der Waals surface area contributed by atoms with Crippen molar-refractivity contribution in [2.75, 3.05) is 13.7 Å². The lowest BCUT2D eigenvalue weighted by Crippen LogP contribution is -2.13. The summed E-state index contributed by atoms with van der Waals surface area (Å²) >= 11 is 3.49. The molecule has 112 valence electrons. The maximum atomic E-state index is 9.70. The van der Waals surface area contributed by atoms with Crippen LogP contribution in [0.15, 0.2) is 46.9 Å². The number of halogens is 1. The molecule has 0 fully saturated rings. The normalized spacial score (nSPS) is 12.2. The zero-order valence-corrected chi connectivity index (χ0v) is 14.1. The van der Waals surface area contributed by atoms with Crippen LogP contribution in [0.2, 0.25) is 0 Å². The van der Waals surface area contributed by atoms with Crippen LogP contribution in [0.3, 0.4) is 0 Å². The van der Waals surface area contributed by atoms with Crippen molar-refractivity contribution in [2.24, 2.45) is 5.92 Å². The van der Waals surface area contributed by atoms with Crippen LogP contribution in [0, 0.1) is 12.8 Å². The molecule has 0 radical (unpaired) electrons. The molecule has 0 aromatic heterocycles. The number of aliphatic hydroxyl groups excluding tert-OH is 1. The van der Waals surface area contributed by atoms with E-state index < -0.39 is 0 Å². The van der Waals surface area contributed by atoms with Crippen molar-refractivity contribution in [3.63, 3.8) is 0 Å². The second kappa shape index (κ2) is 7.62. The van der Waals surface area contributed by atoms with E-state index in [9.17, 15) is 5.11 Å². The second-order valence-corrected chi connectivity index (χ2v) is 6.32. The summed E-state index contributed by atoms with van der Waals surface area (Å²) in [7, 11) is 1.69. The monoisotopic (exact) mass is 348 g/mol. The SMILES string of the molecule is COc1ccc(C)cc1CC(CO)Cc1cccc(Br)c1. The third-order valence-corrected chi connectivity index (χ3v) is 4.11. The van der Waals surface area contributed by atoms with E-state index in [4.69, 9.17) is 4.74 Å². The van der Waals surface area contributed by atoms with Crippen LogP contribution in [-0.4, -0.2) is 18.8 Å². The molecule has 0 amide bonds. The van der Waals surface area contributed by atoms with Crippen molar-refractivity contribution in [1.82, 2.24) is 0 Å². The molecule has 0 bridgehead atoms. The minimum absolute atomic E-state index is 0.170. The van der Waals surface area contributed by atoms with E-state index in [1.165, 1.54) is 11.1 Å². The Morgan fingerprint density at radius 1 is 1.14 bits per heavy atom. The lowest BCUT2D eigenvalue weighted by atomic mass is 9.92. The molecule has 1 atom stereocenters. The Morgan fingerprint density at radius 2 is 1.95 bits per heavy atom. The molecule has 1 N–H and O–H groups in total. The number of benzene rings is 2. The predicted octanol–water partition coefficient (Wildman–Crippen LogP) is 4.16. The van der Waals surface area contributed by atoms with Gasteiger partial charge in [-0.15, -0.1) is 0 Å². The molecule has 2 nitrogen and oxygen atoms in total. The van der Waals surface area contributed by atoms with Gasteiger partial charge in [0, 0.05) is 11.1 Å². The van der Waals surface area contributed by atoms with Crippen molar-refractivity contribution in [1.29, 1.82) is 0 Å². The lowest BCUT2D eigenvalue weighted by molar-refractivity contribution is 0.224. The molecule has 2 rings (SSSR count). The van der Waals surface area contributed by atoms with Crippen molar-refractivity contribution in [2.45, 2.75) is 19.8 Å². The summed E-state index contributed by atoms with van der Waals surface area (Å²) in [5.41, 5.74) is 3.60. The van der Waals surface area contributed by atoms with Crippen LogP contribution < -0.4 is 4.74 Å². The van der Waals surface area contributed by atoms with E-state index in [0.717, 1.165) is 28.6 Å². The molecule has 0 saturated heterocycles. The van der Waals surface area contributed by atoms with Crippen LogP contribution in [-0.2, 0) is 12.8 Å². The van der Waals surface area contributed by atoms with E-state index in [-0.39, 0.29) is 12.5 Å². The molecule has 0 heterocycles. The summed E-state index contributed by atoms with van der Waals surface area (Å²) in [6, 6.07) is 14.4. The zero-order valence-electron chi connectivity index (χ0n) is 12.5. The summed E-state index contributed by atoms with van der Waals surface area (Å²) in [5.74, 6) is 1.09. The number of aryl methyl sites for hydroxylation is 1. The van der Waals surface area contributed by atoms with Gasteiger partial charge < -0.3 is 9.84 Å². The first-order chi connectivity index (χ1) is 10.1. The van der Waals surface area contributed by atoms with E-state index in [1.807, 2.05) is 24.3 Å². The van der Waals surface area contributed by atoms with Crippen LogP contribution in [0.5, 0.6) is 5.75 Å². The highest BCUT2D eigenvalue weighted by Gasteiger charge is 2.13. The zero-order chi connectivity index (χ0) is 15.2. The predicted molar refractivity (Wildman–Crippen MR) is 89.9 cm³/mol. The van der Waals surface area contributed by atoms with Gasteiger partial charge in [0.05, 0.1) is 7.11 Å². The number of rotatable bonds is 6. The van der Waals surface area contributed by atoms with Gasteiger partial charge in [-0.05, 0) is 55.0 Å². The molecular weight excluding hydrogens is 328 g/mol. The summed E-state index contributed by atoms with van der Waals surface area (Å²) < 4.78 is 6.50. The van der Waals surface area contributed by atoms with Gasteiger partial charge in [-0.2, -0.15) is 0 Å². The maximum absolute atomic E-state index is 9.70. The Hall–Kier alpha value is -1.32. The van der Waals surface area contributed by atoms with E-state index in [0.29, 0.717) is 0 Å². The number of hydrogen-bond donors (Lipinski definition) is 1. The summed E-state index contributed by atoms with van der Waals surface area (Å²) in [4.78, 5) is 0. The number of methoxy groups -OCH3 is 1. The van der Waals surface area contributed by atoms with Gasteiger partial charge in [-0.25, -0.2) is 0 Å². The van der Waals surface area contributed by atoms with Gasteiger partial charge in [0.15, 0.2) is 0 Å². The van der Waals surface area contributed by atoms with Crippen LogP contribution in [0.1, 0.15) is 16.7 Å². The van der Waals surface area contributed by atoms with Gasteiger partial charge in [-0.3, -0.25) is 0 Å². The third kappa shape index (κ3) is 4.58. The fraction of sp³-hybridized carbons (Fsp3) is 0.333. The highest BCUT2D eigenvalue weighted by Crippen LogP contribution is 2.25. The molecule has 2 aromatic carbocycles. The summed E-state index contributed by atoms with van der Waals surface area (Å²) in [6.45, 7) is 2.24. The fourth-order valence-electron chi connectivity index (χ4n) is 2.58. The average molecular weight is 349 g/mol. The molecular formula is C18H21BrO2. The molecule has 0 spiro atoms. The quantitative estimate of drug-likeness (QED) is 0.849. The summed E-state index contributed by atoms with van der Waals surface area (Å²) in [6.07, 6.45) is 1.67. The van der Waals surface area contributed by atoms with Gasteiger partial charge in [0.2, 0.25) is 0 Å².